The van der Waals surface area contributed by atoms with Crippen LogP contribution < -0.4 is 10.4 Å². The van der Waals surface area contributed by atoms with Crippen LogP contribution in [0.3, 0.4) is 0 Å². The van der Waals surface area contributed by atoms with E-state index in [9.17, 15) is 4.79 Å². The molecule has 1 aromatic heterocycles. The quantitative estimate of drug-likeness (QED) is 0.669. The third kappa shape index (κ3) is 2.77. The van der Waals surface area contributed by atoms with Crippen molar-refractivity contribution in [2.45, 2.75) is 19.3 Å². The van der Waals surface area contributed by atoms with Gasteiger partial charge in [0.05, 0.1) is 5.56 Å². The average Bonchev–Trinajstić information content (AvgIpc) is 2.91. The number of hydrogen-bond acceptors (Lipinski definition) is 5. The van der Waals surface area contributed by atoms with Crippen molar-refractivity contribution >= 4 is 11.9 Å². The molecule has 1 aliphatic rings. The minimum atomic E-state index is -0.611. The summed E-state index contributed by atoms with van der Waals surface area (Å²) in [5.74, 6) is 0.445. The van der Waals surface area contributed by atoms with E-state index in [2.05, 4.69) is 53.0 Å². The first kappa shape index (κ1) is 15.4. The highest BCUT2D eigenvalue weighted by molar-refractivity contribution is 5.92. The number of nitrogens with zero attached hydrogens (tertiary/aromatic N) is 3. The Kier molecular flexibility index (Phi) is 4.00. The molecule has 0 aliphatic carbocycles. The molecule has 1 fully saturated rings. The molecular weight excluding hydrogens is 292 g/mol. The number of hydrogen-bond donors (Lipinski definition) is 2. The summed E-state index contributed by atoms with van der Waals surface area (Å²) in [5, 5.41) is 8.63. The molecule has 0 saturated carbocycles. The van der Waals surface area contributed by atoms with E-state index in [4.69, 9.17) is 5.21 Å². The van der Waals surface area contributed by atoms with Crippen molar-refractivity contribution in [3.8, 4) is 0 Å². The zero-order valence-corrected chi connectivity index (χ0v) is 13.2. The van der Waals surface area contributed by atoms with E-state index >= 15 is 0 Å². The van der Waals surface area contributed by atoms with Crippen LogP contribution in [0.25, 0.3) is 0 Å². The molecule has 120 valence electrons. The summed E-state index contributed by atoms with van der Waals surface area (Å²) in [6, 6.07) is 10.5. The lowest BCUT2D eigenvalue weighted by Gasteiger charge is -2.28. The lowest BCUT2D eigenvalue weighted by molar-refractivity contribution is 0.0705. The lowest BCUT2D eigenvalue weighted by Crippen LogP contribution is -2.31. The number of benzene rings is 1. The van der Waals surface area contributed by atoms with Crippen molar-refractivity contribution in [2.75, 3.05) is 18.0 Å². The smallest absolute Gasteiger partial charge is 0.277 e. The third-order valence-corrected chi connectivity index (χ3v) is 4.82. The van der Waals surface area contributed by atoms with E-state index in [0.29, 0.717) is 11.9 Å². The van der Waals surface area contributed by atoms with Gasteiger partial charge in [-0.25, -0.2) is 15.4 Å². The van der Waals surface area contributed by atoms with Crippen LogP contribution in [0.15, 0.2) is 42.7 Å². The van der Waals surface area contributed by atoms with Crippen molar-refractivity contribution in [3.63, 3.8) is 0 Å². The number of hydroxylamine groups is 1. The number of carbonyl (C=O) groups excluding carboxylic acids is 1. The van der Waals surface area contributed by atoms with E-state index in [1.54, 1.807) is 5.48 Å². The maximum Gasteiger partial charge on any atom is 0.277 e. The van der Waals surface area contributed by atoms with Gasteiger partial charge in [-0.3, -0.25) is 10.0 Å². The topological polar surface area (TPSA) is 78.4 Å². The number of nitrogens with one attached hydrogen (secondary N) is 1. The number of amides is 1. The fourth-order valence-corrected chi connectivity index (χ4v) is 3.16. The maximum absolute atomic E-state index is 11.3. The van der Waals surface area contributed by atoms with Gasteiger partial charge in [-0.2, -0.15) is 0 Å². The average molecular weight is 312 g/mol. The van der Waals surface area contributed by atoms with Crippen LogP contribution in [0.1, 0.15) is 29.8 Å². The molecule has 0 radical (unpaired) electrons. The fourth-order valence-electron chi connectivity index (χ4n) is 3.16. The first-order valence-electron chi connectivity index (χ1n) is 7.61. The van der Waals surface area contributed by atoms with Crippen LogP contribution in [-0.2, 0) is 5.41 Å². The van der Waals surface area contributed by atoms with Crippen LogP contribution in [0, 0.1) is 5.92 Å². The van der Waals surface area contributed by atoms with Crippen LogP contribution in [0.5, 0.6) is 0 Å². The van der Waals surface area contributed by atoms with E-state index in [-0.39, 0.29) is 11.0 Å². The molecule has 2 heterocycles. The molecule has 1 amide bonds. The number of aromatic nitrogens is 2. The van der Waals surface area contributed by atoms with Gasteiger partial charge in [-0.15, -0.1) is 0 Å². The van der Waals surface area contributed by atoms with Crippen molar-refractivity contribution < 1.29 is 10.0 Å². The Bertz CT molecular complexity index is 689. The highest BCUT2D eigenvalue weighted by atomic mass is 16.5. The maximum atomic E-state index is 11.3. The molecule has 6 nitrogen and oxygen atoms in total. The molecule has 2 aromatic rings. The largest absolute Gasteiger partial charge is 0.340 e. The summed E-state index contributed by atoms with van der Waals surface area (Å²) in [6.07, 6.45) is 2.85. The molecule has 6 heteroatoms. The standard InChI is InChI=1S/C17H20N4O2/c1-12-10-21(11-17(12,2)14-6-4-3-5-7-14)16-18-8-13(9-19-16)15(22)20-23/h3-9,12,23H,10-11H2,1-2H3,(H,20,22)/t12-,17-/m1/s1. The van der Waals surface area contributed by atoms with Crippen molar-refractivity contribution in [2.24, 2.45) is 5.92 Å². The summed E-state index contributed by atoms with van der Waals surface area (Å²) >= 11 is 0. The Morgan fingerprint density at radius 3 is 2.57 bits per heavy atom. The summed E-state index contributed by atoms with van der Waals surface area (Å²) in [6.45, 7) is 6.18. The molecule has 0 unspecified atom stereocenters. The molecule has 1 aromatic carbocycles. The van der Waals surface area contributed by atoms with E-state index in [1.807, 2.05) is 6.07 Å². The van der Waals surface area contributed by atoms with Gasteiger partial charge in [0.1, 0.15) is 0 Å². The Morgan fingerprint density at radius 2 is 1.96 bits per heavy atom. The first-order valence-corrected chi connectivity index (χ1v) is 7.61. The second-order valence-corrected chi connectivity index (χ2v) is 6.28. The molecule has 0 bridgehead atoms. The van der Waals surface area contributed by atoms with E-state index in [0.717, 1.165) is 13.1 Å². The SMILES string of the molecule is C[C@@H]1CN(c2ncc(C(=O)NO)cn2)C[C@@]1(C)c1ccccc1. The Balaban J connectivity index is 1.82. The first-order chi connectivity index (χ1) is 11.0. The molecular formula is C17H20N4O2. The van der Waals surface area contributed by atoms with Gasteiger partial charge in [0.25, 0.3) is 5.91 Å². The number of rotatable bonds is 3. The summed E-state index contributed by atoms with van der Waals surface area (Å²) in [4.78, 5) is 22.0. The third-order valence-electron chi connectivity index (χ3n) is 4.82. The fraction of sp³-hybridized carbons (Fsp3) is 0.353. The predicted octanol–water partition coefficient (Wildman–Crippen LogP) is 2.01. The Hall–Kier alpha value is -2.47. The lowest BCUT2D eigenvalue weighted by atomic mass is 9.75. The zero-order valence-electron chi connectivity index (χ0n) is 13.2. The van der Waals surface area contributed by atoms with E-state index < -0.39 is 5.91 Å². The monoisotopic (exact) mass is 312 g/mol. The van der Waals surface area contributed by atoms with Crippen LogP contribution in [-0.4, -0.2) is 34.2 Å². The highest BCUT2D eigenvalue weighted by Gasteiger charge is 2.42. The van der Waals surface area contributed by atoms with Crippen LogP contribution >= 0.6 is 0 Å². The van der Waals surface area contributed by atoms with Gasteiger partial charge < -0.3 is 4.90 Å². The minimum absolute atomic E-state index is 0.0335. The van der Waals surface area contributed by atoms with Crippen molar-refractivity contribution in [1.82, 2.24) is 15.4 Å². The van der Waals surface area contributed by atoms with Gasteiger partial charge in [0, 0.05) is 30.9 Å². The predicted molar refractivity (Wildman–Crippen MR) is 86.5 cm³/mol. The van der Waals surface area contributed by atoms with Gasteiger partial charge in [0.2, 0.25) is 5.95 Å². The molecule has 0 spiro atoms. The molecule has 1 aliphatic heterocycles. The zero-order chi connectivity index (χ0) is 16.4. The molecule has 1 saturated heterocycles. The van der Waals surface area contributed by atoms with Gasteiger partial charge in [-0.1, -0.05) is 44.2 Å². The van der Waals surface area contributed by atoms with Gasteiger partial charge >= 0.3 is 0 Å². The minimum Gasteiger partial charge on any atom is -0.340 e. The second kappa shape index (κ2) is 5.96. The summed E-state index contributed by atoms with van der Waals surface area (Å²) in [7, 11) is 0. The van der Waals surface area contributed by atoms with Crippen LogP contribution in [0.4, 0.5) is 5.95 Å². The number of carbonyl (C=O) groups is 1. The molecule has 2 N–H and O–H groups in total. The van der Waals surface area contributed by atoms with E-state index in [1.165, 1.54) is 18.0 Å². The molecule has 3 rings (SSSR count). The second-order valence-electron chi connectivity index (χ2n) is 6.28. The molecule has 23 heavy (non-hydrogen) atoms. The van der Waals surface area contributed by atoms with Gasteiger partial charge in [0.15, 0.2) is 0 Å². The van der Waals surface area contributed by atoms with Crippen LogP contribution in [0.2, 0.25) is 0 Å². The normalized spacial score (nSPS) is 23.8. The van der Waals surface area contributed by atoms with Crippen molar-refractivity contribution in [1.29, 1.82) is 0 Å². The Labute approximate surface area is 135 Å². The summed E-state index contributed by atoms with van der Waals surface area (Å²) in [5.41, 5.74) is 3.16. The molecule has 2 atom stereocenters. The summed E-state index contributed by atoms with van der Waals surface area (Å²) < 4.78 is 0. The Morgan fingerprint density at radius 1 is 1.30 bits per heavy atom. The highest BCUT2D eigenvalue weighted by Crippen LogP contribution is 2.39. The van der Waals surface area contributed by atoms with Crippen molar-refractivity contribution in [3.05, 3.63) is 53.9 Å². The number of anilines is 1. The van der Waals surface area contributed by atoms with Gasteiger partial charge in [-0.05, 0) is 11.5 Å².